The molecule has 0 bridgehead atoms. The number of aryl methyl sites for hydroxylation is 1. The molecule has 33 heavy (non-hydrogen) atoms. The molecule has 170 valence electrons. The number of hydrogen-bond donors (Lipinski definition) is 1. The number of benzene rings is 1. The Hall–Kier alpha value is -3.40. The number of halogens is 4. The van der Waals surface area contributed by atoms with Crippen molar-refractivity contribution >= 4 is 39.8 Å². The average Bonchev–Trinajstić information content (AvgIpc) is 3.21. The lowest BCUT2D eigenvalue weighted by atomic mass is 10.1. The molecule has 1 aliphatic rings. The zero-order valence-electron chi connectivity index (χ0n) is 17.6. The van der Waals surface area contributed by atoms with E-state index in [2.05, 4.69) is 25.4 Å². The van der Waals surface area contributed by atoms with Crippen LogP contribution in [0.4, 0.5) is 30.5 Å². The molecule has 1 aromatic carbocycles. The van der Waals surface area contributed by atoms with Crippen LogP contribution in [0.25, 0.3) is 10.9 Å². The Balaban J connectivity index is 1.55. The summed E-state index contributed by atoms with van der Waals surface area (Å²) in [5.41, 5.74) is 2.50. The van der Waals surface area contributed by atoms with Gasteiger partial charge in [0.2, 0.25) is 5.82 Å². The summed E-state index contributed by atoms with van der Waals surface area (Å²) in [5, 5.41) is 8.75. The van der Waals surface area contributed by atoms with Crippen molar-refractivity contribution in [1.82, 2.24) is 24.7 Å². The molecule has 0 radical (unpaired) electrons. The minimum atomic E-state index is -4.65. The Labute approximate surface area is 192 Å². The van der Waals surface area contributed by atoms with Crippen LogP contribution in [0.3, 0.4) is 0 Å². The van der Waals surface area contributed by atoms with Crippen LogP contribution < -0.4 is 10.2 Å². The predicted octanol–water partition coefficient (Wildman–Crippen LogP) is 5.22. The molecule has 1 aliphatic heterocycles. The summed E-state index contributed by atoms with van der Waals surface area (Å²) in [6.07, 6.45) is -0.986. The summed E-state index contributed by atoms with van der Waals surface area (Å²) in [4.78, 5) is 13.9. The van der Waals surface area contributed by atoms with E-state index in [1.54, 1.807) is 30.6 Å². The van der Waals surface area contributed by atoms with Crippen molar-refractivity contribution in [3.63, 3.8) is 0 Å². The summed E-state index contributed by atoms with van der Waals surface area (Å²) in [7, 11) is 0. The summed E-state index contributed by atoms with van der Waals surface area (Å²) in [6, 6.07) is 8.98. The summed E-state index contributed by atoms with van der Waals surface area (Å²) >= 11 is 6.30. The van der Waals surface area contributed by atoms with Gasteiger partial charge in [-0.05, 0) is 37.3 Å². The zero-order valence-corrected chi connectivity index (χ0v) is 18.3. The third-order valence-electron chi connectivity index (χ3n) is 5.56. The van der Waals surface area contributed by atoms with Crippen LogP contribution in [0.15, 0.2) is 42.7 Å². The molecule has 0 atom stereocenters. The second-order valence-corrected chi connectivity index (χ2v) is 8.07. The van der Waals surface area contributed by atoms with E-state index in [1.165, 1.54) is 0 Å². The zero-order chi connectivity index (χ0) is 23.2. The second-order valence-electron chi connectivity index (χ2n) is 7.66. The molecule has 0 spiro atoms. The van der Waals surface area contributed by atoms with E-state index in [0.717, 1.165) is 17.4 Å². The molecule has 11 heteroatoms. The van der Waals surface area contributed by atoms with Crippen molar-refractivity contribution in [3.8, 4) is 0 Å². The van der Waals surface area contributed by atoms with Gasteiger partial charge in [-0.3, -0.25) is 4.68 Å². The van der Waals surface area contributed by atoms with Crippen molar-refractivity contribution in [3.05, 3.63) is 64.8 Å². The molecule has 7 nitrogen and oxygen atoms in total. The van der Waals surface area contributed by atoms with Crippen LogP contribution in [0.5, 0.6) is 0 Å². The van der Waals surface area contributed by atoms with E-state index in [-0.39, 0.29) is 12.4 Å². The largest absolute Gasteiger partial charge is 0.451 e. The maximum absolute atomic E-state index is 13.5. The predicted molar refractivity (Wildman–Crippen MR) is 120 cm³/mol. The fourth-order valence-electron chi connectivity index (χ4n) is 3.99. The molecule has 0 fully saturated rings. The fourth-order valence-corrected chi connectivity index (χ4v) is 4.23. The van der Waals surface area contributed by atoms with Gasteiger partial charge < -0.3 is 10.2 Å². The van der Waals surface area contributed by atoms with Gasteiger partial charge in [0.15, 0.2) is 0 Å². The van der Waals surface area contributed by atoms with Crippen LogP contribution >= 0.6 is 11.6 Å². The van der Waals surface area contributed by atoms with E-state index in [1.807, 2.05) is 28.6 Å². The van der Waals surface area contributed by atoms with Gasteiger partial charge in [-0.15, -0.1) is 0 Å². The Bertz CT molecular complexity index is 1340. The van der Waals surface area contributed by atoms with Crippen molar-refractivity contribution in [2.24, 2.45) is 0 Å². The van der Waals surface area contributed by atoms with Crippen LogP contribution in [0, 0.1) is 0 Å². The lowest BCUT2D eigenvalue weighted by Crippen LogP contribution is -2.33. The molecule has 1 N–H and O–H groups in total. The van der Waals surface area contributed by atoms with Gasteiger partial charge in [0.25, 0.3) is 0 Å². The quantitative estimate of drug-likeness (QED) is 0.438. The highest BCUT2D eigenvalue weighted by Crippen LogP contribution is 2.35. The number of rotatable bonds is 4. The maximum atomic E-state index is 13.5. The third-order valence-corrected chi connectivity index (χ3v) is 5.85. The number of nitrogens with one attached hydrogen (secondary N) is 1. The Morgan fingerprint density at radius 3 is 2.79 bits per heavy atom. The monoisotopic (exact) mass is 473 g/mol. The van der Waals surface area contributed by atoms with E-state index < -0.39 is 12.0 Å². The molecular weight excluding hydrogens is 455 g/mol. The van der Waals surface area contributed by atoms with Gasteiger partial charge in [-0.25, -0.2) is 15.0 Å². The number of aromatic nitrogens is 5. The van der Waals surface area contributed by atoms with Gasteiger partial charge in [0, 0.05) is 48.9 Å². The number of alkyl halides is 3. The van der Waals surface area contributed by atoms with Crippen LogP contribution in [-0.4, -0.2) is 31.3 Å². The van der Waals surface area contributed by atoms with Crippen molar-refractivity contribution in [2.45, 2.75) is 32.6 Å². The van der Waals surface area contributed by atoms with Crippen LogP contribution in [0.1, 0.15) is 24.0 Å². The number of fused-ring (bicyclic) bond motifs is 2. The number of pyridine rings is 1. The molecule has 0 saturated heterocycles. The van der Waals surface area contributed by atoms with E-state index in [4.69, 9.17) is 11.6 Å². The van der Waals surface area contributed by atoms with Gasteiger partial charge >= 0.3 is 6.18 Å². The van der Waals surface area contributed by atoms with E-state index in [0.29, 0.717) is 40.8 Å². The SMILES string of the molecule is CCn1ncc2cc(Nc3nc(C(F)(F)F)nc4c3CN(c3ncccc3Cl)CC4)ccc21. The number of anilines is 3. The molecule has 3 aromatic heterocycles. The van der Waals surface area contributed by atoms with Crippen LogP contribution in [-0.2, 0) is 25.7 Å². The Morgan fingerprint density at radius 1 is 1.18 bits per heavy atom. The summed E-state index contributed by atoms with van der Waals surface area (Å²) in [5.74, 6) is -0.469. The molecule has 0 aliphatic carbocycles. The van der Waals surface area contributed by atoms with E-state index >= 15 is 0 Å². The number of nitrogens with zero attached hydrogens (tertiary/aromatic N) is 6. The molecule has 0 saturated carbocycles. The second kappa shape index (κ2) is 8.18. The van der Waals surface area contributed by atoms with Crippen LogP contribution in [0.2, 0.25) is 5.02 Å². The summed E-state index contributed by atoms with van der Waals surface area (Å²) < 4.78 is 42.4. The molecule has 0 unspecified atom stereocenters. The van der Waals surface area contributed by atoms with Gasteiger partial charge in [-0.1, -0.05) is 11.6 Å². The van der Waals surface area contributed by atoms with E-state index in [9.17, 15) is 13.2 Å². The smallest absolute Gasteiger partial charge is 0.350 e. The minimum absolute atomic E-state index is 0.117. The normalized spacial score (nSPS) is 13.9. The highest BCUT2D eigenvalue weighted by Gasteiger charge is 2.37. The highest BCUT2D eigenvalue weighted by atomic mass is 35.5. The Morgan fingerprint density at radius 2 is 2.03 bits per heavy atom. The lowest BCUT2D eigenvalue weighted by Gasteiger charge is -2.31. The topological polar surface area (TPSA) is 71.8 Å². The average molecular weight is 474 g/mol. The first-order valence-corrected chi connectivity index (χ1v) is 10.8. The number of hydrogen-bond acceptors (Lipinski definition) is 6. The first-order chi connectivity index (χ1) is 15.8. The fraction of sp³-hybridized carbons (Fsp3) is 0.273. The standard InChI is InChI=1S/C22H19ClF3N7/c1-2-33-18-6-5-14(10-13(18)11-28-33)29-19-15-12-32(20-16(23)4-3-8-27-20)9-7-17(15)30-21(31-19)22(24,25)26/h3-6,8,10-11H,2,7,9,12H2,1H3,(H,29,30,31). The molecule has 0 amide bonds. The minimum Gasteiger partial charge on any atom is -0.350 e. The van der Waals surface area contributed by atoms with Gasteiger partial charge in [-0.2, -0.15) is 18.3 Å². The van der Waals surface area contributed by atoms with Crippen molar-refractivity contribution in [2.75, 3.05) is 16.8 Å². The third kappa shape index (κ3) is 4.06. The first kappa shape index (κ1) is 21.4. The molecule has 4 aromatic rings. The first-order valence-electron chi connectivity index (χ1n) is 10.4. The van der Waals surface area contributed by atoms with Crippen molar-refractivity contribution in [1.29, 1.82) is 0 Å². The molecule has 4 heterocycles. The Kier molecular flexibility index (Phi) is 5.32. The van der Waals surface area contributed by atoms with Gasteiger partial charge in [0.1, 0.15) is 11.6 Å². The molecular formula is C22H19ClF3N7. The molecule has 5 rings (SSSR count). The van der Waals surface area contributed by atoms with Gasteiger partial charge in [0.05, 0.1) is 22.4 Å². The highest BCUT2D eigenvalue weighted by molar-refractivity contribution is 6.32. The maximum Gasteiger partial charge on any atom is 0.451 e. The summed E-state index contributed by atoms with van der Waals surface area (Å²) in [6.45, 7) is 3.43. The van der Waals surface area contributed by atoms with Crippen molar-refractivity contribution < 1.29 is 13.2 Å². The lowest BCUT2D eigenvalue weighted by molar-refractivity contribution is -0.145.